The van der Waals surface area contributed by atoms with Crippen molar-refractivity contribution in [2.75, 3.05) is 21.1 Å². The summed E-state index contributed by atoms with van der Waals surface area (Å²) < 4.78 is 1.14. The van der Waals surface area contributed by atoms with Crippen molar-refractivity contribution < 1.29 is 0 Å². The van der Waals surface area contributed by atoms with Crippen LogP contribution in [0.5, 0.6) is 0 Å². The number of nitrogens with zero attached hydrogens (tertiary/aromatic N) is 1. The number of likely N-dealkylation sites (N-methyl/N-ethyl adjacent to an activating group) is 2. The van der Waals surface area contributed by atoms with Gasteiger partial charge < -0.3 is 10.2 Å². The summed E-state index contributed by atoms with van der Waals surface area (Å²) >= 11 is 3.49. The summed E-state index contributed by atoms with van der Waals surface area (Å²) in [6.07, 6.45) is 3.36. The maximum Gasteiger partial charge on any atom is 0.0354 e. The number of hydrogen-bond acceptors (Lipinski definition) is 2. The summed E-state index contributed by atoms with van der Waals surface area (Å²) in [7, 11) is 6.46. The van der Waals surface area contributed by atoms with Crippen molar-refractivity contribution in [3.8, 4) is 0 Å². The van der Waals surface area contributed by atoms with E-state index in [-0.39, 0.29) is 5.54 Å². The van der Waals surface area contributed by atoms with Crippen LogP contribution >= 0.6 is 15.9 Å². The smallest absolute Gasteiger partial charge is 0.0354 e. The van der Waals surface area contributed by atoms with Crippen LogP contribution in [0, 0.1) is 0 Å². The molecule has 0 aliphatic rings. The minimum atomic E-state index is 0.210. The third-order valence-electron chi connectivity index (χ3n) is 4.47. The Hall–Kier alpha value is -0.380. The van der Waals surface area contributed by atoms with E-state index in [1.54, 1.807) is 0 Å². The van der Waals surface area contributed by atoms with E-state index in [0.29, 0.717) is 6.04 Å². The molecule has 1 atom stereocenters. The highest BCUT2D eigenvalue weighted by Crippen LogP contribution is 2.28. The summed E-state index contributed by atoms with van der Waals surface area (Å²) in [5, 5.41) is 3.54. The molecule has 108 valence electrons. The molecule has 0 radical (unpaired) electrons. The van der Waals surface area contributed by atoms with Crippen LogP contribution in [0.2, 0.25) is 0 Å². The van der Waals surface area contributed by atoms with Crippen LogP contribution in [-0.4, -0.2) is 37.6 Å². The Balaban J connectivity index is 2.95. The van der Waals surface area contributed by atoms with Gasteiger partial charge in [0.1, 0.15) is 0 Å². The van der Waals surface area contributed by atoms with Crippen LogP contribution in [0.25, 0.3) is 0 Å². The molecule has 0 saturated heterocycles. The van der Waals surface area contributed by atoms with E-state index >= 15 is 0 Å². The quantitative estimate of drug-likeness (QED) is 0.821. The zero-order chi connectivity index (χ0) is 14.5. The van der Waals surface area contributed by atoms with Gasteiger partial charge in [-0.2, -0.15) is 0 Å². The lowest BCUT2D eigenvalue weighted by Crippen LogP contribution is -2.58. The van der Waals surface area contributed by atoms with Crippen LogP contribution in [0.15, 0.2) is 28.7 Å². The fourth-order valence-corrected chi connectivity index (χ4v) is 3.37. The van der Waals surface area contributed by atoms with E-state index in [0.717, 1.165) is 23.7 Å². The van der Waals surface area contributed by atoms with E-state index in [1.165, 1.54) is 5.56 Å². The average Bonchev–Trinajstić information content (AvgIpc) is 2.41. The maximum absolute atomic E-state index is 3.54. The standard InChI is InChI=1S/C16H27BrN2/c1-6-16(7-2,19(4)5)15(18-3)12-13-8-10-14(17)11-9-13/h8-11,15,18H,6-7,12H2,1-5H3. The number of halogens is 1. The molecule has 0 spiro atoms. The lowest BCUT2D eigenvalue weighted by Gasteiger charge is -2.45. The van der Waals surface area contributed by atoms with Gasteiger partial charge in [0.15, 0.2) is 0 Å². The first kappa shape index (κ1) is 16.7. The lowest BCUT2D eigenvalue weighted by atomic mass is 9.80. The number of rotatable bonds is 7. The van der Waals surface area contributed by atoms with Gasteiger partial charge in [-0.25, -0.2) is 0 Å². The van der Waals surface area contributed by atoms with Crippen LogP contribution in [-0.2, 0) is 6.42 Å². The SMILES string of the molecule is CCC(CC)(C(Cc1ccc(Br)cc1)NC)N(C)C. The fraction of sp³-hybridized carbons (Fsp3) is 0.625. The molecule has 1 unspecified atom stereocenters. The normalized spacial score (nSPS) is 13.8. The van der Waals surface area contributed by atoms with Gasteiger partial charge in [0, 0.05) is 16.1 Å². The summed E-state index contributed by atoms with van der Waals surface area (Å²) in [4.78, 5) is 2.38. The third kappa shape index (κ3) is 3.80. The van der Waals surface area contributed by atoms with Crippen LogP contribution in [0.4, 0.5) is 0 Å². The van der Waals surface area contributed by atoms with E-state index in [1.807, 2.05) is 0 Å². The molecule has 1 aromatic rings. The van der Waals surface area contributed by atoms with Crippen LogP contribution < -0.4 is 5.32 Å². The van der Waals surface area contributed by atoms with Gasteiger partial charge in [0.05, 0.1) is 0 Å². The molecular formula is C16H27BrN2. The van der Waals surface area contributed by atoms with Crippen molar-refractivity contribution in [2.45, 2.75) is 44.7 Å². The first-order chi connectivity index (χ1) is 9.00. The molecule has 1 N–H and O–H groups in total. The predicted octanol–water partition coefficient (Wildman–Crippen LogP) is 3.70. The second-order valence-corrected chi connectivity index (χ2v) is 6.29. The number of hydrogen-bond donors (Lipinski definition) is 1. The monoisotopic (exact) mass is 326 g/mol. The molecule has 0 amide bonds. The molecule has 2 nitrogen and oxygen atoms in total. The Labute approximate surface area is 126 Å². The van der Waals surface area contributed by atoms with Crippen molar-refractivity contribution in [2.24, 2.45) is 0 Å². The topological polar surface area (TPSA) is 15.3 Å². The molecule has 0 saturated carbocycles. The summed E-state index contributed by atoms with van der Waals surface area (Å²) in [6, 6.07) is 9.12. The Morgan fingerprint density at radius 2 is 1.68 bits per heavy atom. The van der Waals surface area contributed by atoms with Crippen LogP contribution in [0.3, 0.4) is 0 Å². The molecule has 0 heterocycles. The Bertz CT molecular complexity index is 369. The summed E-state index contributed by atoms with van der Waals surface area (Å²) in [6.45, 7) is 4.57. The highest BCUT2D eigenvalue weighted by Gasteiger charge is 2.36. The first-order valence-corrected chi connectivity index (χ1v) is 7.88. The summed E-state index contributed by atoms with van der Waals surface area (Å²) in [5.74, 6) is 0. The highest BCUT2D eigenvalue weighted by molar-refractivity contribution is 9.10. The van der Waals surface area contributed by atoms with Crippen LogP contribution in [0.1, 0.15) is 32.3 Å². The Morgan fingerprint density at radius 1 is 1.16 bits per heavy atom. The third-order valence-corrected chi connectivity index (χ3v) is 4.99. The highest BCUT2D eigenvalue weighted by atomic mass is 79.9. The zero-order valence-electron chi connectivity index (χ0n) is 12.8. The largest absolute Gasteiger partial charge is 0.315 e. The van der Waals surface area contributed by atoms with Gasteiger partial charge in [0.25, 0.3) is 0 Å². The minimum Gasteiger partial charge on any atom is -0.315 e. The van der Waals surface area contributed by atoms with Crippen molar-refractivity contribution in [3.63, 3.8) is 0 Å². The molecule has 0 aliphatic heterocycles. The molecule has 1 aromatic carbocycles. The number of benzene rings is 1. The molecule has 19 heavy (non-hydrogen) atoms. The Kier molecular flexibility index (Phi) is 6.51. The zero-order valence-corrected chi connectivity index (χ0v) is 14.4. The molecule has 0 bridgehead atoms. The van der Waals surface area contributed by atoms with Gasteiger partial charge in [-0.15, -0.1) is 0 Å². The second-order valence-electron chi connectivity index (χ2n) is 5.38. The van der Waals surface area contributed by atoms with Crippen molar-refractivity contribution in [1.29, 1.82) is 0 Å². The second kappa shape index (κ2) is 7.41. The van der Waals surface area contributed by atoms with E-state index in [2.05, 4.69) is 85.4 Å². The van der Waals surface area contributed by atoms with Gasteiger partial charge >= 0.3 is 0 Å². The van der Waals surface area contributed by atoms with E-state index < -0.39 is 0 Å². The molecule has 0 fully saturated rings. The fourth-order valence-electron chi connectivity index (χ4n) is 3.10. The van der Waals surface area contributed by atoms with E-state index in [4.69, 9.17) is 0 Å². The average molecular weight is 327 g/mol. The molecule has 0 aliphatic carbocycles. The van der Waals surface area contributed by atoms with Crippen molar-refractivity contribution >= 4 is 15.9 Å². The van der Waals surface area contributed by atoms with Gasteiger partial charge in [-0.1, -0.05) is 41.9 Å². The molecule has 3 heteroatoms. The molecule has 1 rings (SSSR count). The minimum absolute atomic E-state index is 0.210. The van der Waals surface area contributed by atoms with Crippen molar-refractivity contribution in [1.82, 2.24) is 10.2 Å². The van der Waals surface area contributed by atoms with Gasteiger partial charge in [-0.3, -0.25) is 0 Å². The maximum atomic E-state index is 3.54. The van der Waals surface area contributed by atoms with Gasteiger partial charge in [0.2, 0.25) is 0 Å². The van der Waals surface area contributed by atoms with Crippen molar-refractivity contribution in [3.05, 3.63) is 34.3 Å². The predicted molar refractivity (Wildman–Crippen MR) is 87.7 cm³/mol. The van der Waals surface area contributed by atoms with E-state index in [9.17, 15) is 0 Å². The number of nitrogens with one attached hydrogen (secondary N) is 1. The first-order valence-electron chi connectivity index (χ1n) is 7.09. The molecule has 0 aromatic heterocycles. The summed E-state index contributed by atoms with van der Waals surface area (Å²) in [5.41, 5.74) is 1.60. The molecular weight excluding hydrogens is 300 g/mol. The Morgan fingerprint density at radius 3 is 2.05 bits per heavy atom. The van der Waals surface area contributed by atoms with Gasteiger partial charge in [-0.05, 0) is 58.1 Å². The lowest BCUT2D eigenvalue weighted by molar-refractivity contribution is 0.0917.